The molecule has 0 bridgehead atoms. The highest BCUT2D eigenvalue weighted by molar-refractivity contribution is 7.92. The number of methoxy groups -OCH3 is 1. The lowest BCUT2D eigenvalue weighted by Crippen LogP contribution is -2.26. The summed E-state index contributed by atoms with van der Waals surface area (Å²) in [5.74, 6) is -0.0765. The van der Waals surface area contributed by atoms with Crippen molar-refractivity contribution >= 4 is 26.8 Å². The molecule has 7 nitrogen and oxygen atoms in total. The molecule has 0 aliphatic rings. The first-order valence-electron chi connectivity index (χ1n) is 6.67. The van der Waals surface area contributed by atoms with Crippen molar-refractivity contribution < 1.29 is 17.6 Å². The van der Waals surface area contributed by atoms with Crippen molar-refractivity contribution in [1.82, 2.24) is 4.98 Å². The fourth-order valence-corrected chi connectivity index (χ4v) is 3.39. The molecule has 0 aliphatic carbocycles. The van der Waals surface area contributed by atoms with Gasteiger partial charge in [-0.15, -0.1) is 0 Å². The second-order valence-corrected chi connectivity index (χ2v) is 6.82. The molecule has 8 heteroatoms. The average Bonchev–Trinajstić information content (AvgIpc) is 2.93. The van der Waals surface area contributed by atoms with Gasteiger partial charge in [0.25, 0.3) is 10.0 Å². The van der Waals surface area contributed by atoms with Crippen LogP contribution in [0.2, 0.25) is 0 Å². The van der Waals surface area contributed by atoms with Gasteiger partial charge in [0, 0.05) is 19.2 Å². The number of sulfonamides is 1. The van der Waals surface area contributed by atoms with E-state index in [1.165, 1.54) is 32.4 Å². The minimum atomic E-state index is -3.80. The predicted octanol–water partition coefficient (Wildman–Crippen LogP) is 1.95. The number of anilines is 1. The van der Waals surface area contributed by atoms with E-state index in [1.54, 1.807) is 24.3 Å². The molecule has 3 aromatic rings. The maximum absolute atomic E-state index is 12.7. The molecule has 0 saturated carbocycles. The molecule has 0 amide bonds. The molecule has 1 aromatic heterocycles. The highest BCUT2D eigenvalue weighted by Gasteiger charge is 2.22. The van der Waals surface area contributed by atoms with Crippen molar-refractivity contribution in [1.29, 1.82) is 0 Å². The summed E-state index contributed by atoms with van der Waals surface area (Å²) < 4.78 is 36.6. The number of nitrogens with one attached hydrogen (secondary N) is 1. The summed E-state index contributed by atoms with van der Waals surface area (Å²) >= 11 is 0. The molecule has 1 heterocycles. The van der Waals surface area contributed by atoms with E-state index in [-0.39, 0.29) is 10.5 Å². The number of hydrogen-bond acceptors (Lipinski definition) is 5. The number of benzene rings is 2. The maximum atomic E-state index is 12.7. The topological polar surface area (TPSA) is 92.6 Å². The van der Waals surface area contributed by atoms with Crippen LogP contribution < -0.4 is 14.8 Å². The van der Waals surface area contributed by atoms with E-state index in [2.05, 4.69) is 4.98 Å². The Morgan fingerprint density at radius 3 is 2.70 bits per heavy atom. The van der Waals surface area contributed by atoms with Crippen LogP contribution in [0, 0.1) is 0 Å². The lowest BCUT2D eigenvalue weighted by atomic mass is 10.3. The highest BCUT2D eigenvalue weighted by atomic mass is 32.2. The molecular formula is C15H14N2O5S. The van der Waals surface area contributed by atoms with E-state index >= 15 is 0 Å². The van der Waals surface area contributed by atoms with Crippen molar-refractivity contribution in [3.63, 3.8) is 0 Å². The van der Waals surface area contributed by atoms with E-state index in [9.17, 15) is 13.2 Å². The SMILES string of the molecule is COc1cccc(N(C)S(=O)(=O)c2ccc3[nH]c(=O)oc3c2)c1. The number of oxazole rings is 1. The lowest BCUT2D eigenvalue weighted by molar-refractivity contribution is 0.415. The number of H-pyrrole nitrogens is 1. The monoisotopic (exact) mass is 334 g/mol. The Hall–Kier alpha value is -2.74. The van der Waals surface area contributed by atoms with Crippen molar-refractivity contribution in [3.8, 4) is 5.75 Å². The quantitative estimate of drug-likeness (QED) is 0.787. The van der Waals surface area contributed by atoms with Gasteiger partial charge in [-0.25, -0.2) is 13.2 Å². The zero-order chi connectivity index (χ0) is 16.6. The molecule has 0 fully saturated rings. The van der Waals surface area contributed by atoms with E-state index in [1.807, 2.05) is 0 Å². The Kier molecular flexibility index (Phi) is 3.61. The fourth-order valence-electron chi connectivity index (χ4n) is 2.19. The molecule has 0 saturated heterocycles. The molecular weight excluding hydrogens is 320 g/mol. The van der Waals surface area contributed by atoms with Crippen LogP contribution in [0.25, 0.3) is 11.1 Å². The maximum Gasteiger partial charge on any atom is 0.417 e. The Morgan fingerprint density at radius 1 is 1.17 bits per heavy atom. The third-order valence-electron chi connectivity index (χ3n) is 3.47. The summed E-state index contributed by atoms with van der Waals surface area (Å²) in [7, 11) is -0.842. The number of hydrogen-bond donors (Lipinski definition) is 1. The minimum Gasteiger partial charge on any atom is -0.497 e. The Balaban J connectivity index is 2.05. The average molecular weight is 334 g/mol. The van der Waals surface area contributed by atoms with Gasteiger partial charge in [0.15, 0.2) is 5.58 Å². The van der Waals surface area contributed by atoms with E-state index in [0.29, 0.717) is 17.0 Å². The summed E-state index contributed by atoms with van der Waals surface area (Å²) in [5.41, 5.74) is 1.09. The zero-order valence-corrected chi connectivity index (χ0v) is 13.3. The van der Waals surface area contributed by atoms with Crippen LogP contribution in [0.3, 0.4) is 0 Å². The summed E-state index contributed by atoms with van der Waals surface area (Å²) in [4.78, 5) is 13.7. The standard InChI is InChI=1S/C15H14N2O5S/c1-17(10-4-3-5-11(8-10)21-2)23(19,20)12-6-7-13-14(9-12)22-15(18)16-13/h3-9H,1-2H3,(H,16,18). The predicted molar refractivity (Wildman–Crippen MR) is 85.4 cm³/mol. The molecule has 0 unspecified atom stereocenters. The number of rotatable bonds is 4. The highest BCUT2D eigenvalue weighted by Crippen LogP contribution is 2.26. The van der Waals surface area contributed by atoms with Gasteiger partial charge in [0.2, 0.25) is 0 Å². The zero-order valence-electron chi connectivity index (χ0n) is 12.4. The number of aromatic nitrogens is 1. The largest absolute Gasteiger partial charge is 0.497 e. The van der Waals surface area contributed by atoms with Crippen LogP contribution in [-0.4, -0.2) is 27.6 Å². The van der Waals surface area contributed by atoms with Gasteiger partial charge in [-0.3, -0.25) is 9.29 Å². The molecule has 0 radical (unpaired) electrons. The van der Waals surface area contributed by atoms with Gasteiger partial charge >= 0.3 is 5.76 Å². The third-order valence-corrected chi connectivity index (χ3v) is 5.25. The summed E-state index contributed by atoms with van der Waals surface area (Å²) in [5, 5.41) is 0. The molecule has 1 N–H and O–H groups in total. The molecule has 0 spiro atoms. The van der Waals surface area contributed by atoms with Crippen molar-refractivity contribution in [3.05, 3.63) is 53.0 Å². The third kappa shape index (κ3) is 2.68. The fraction of sp³-hybridized carbons (Fsp3) is 0.133. The van der Waals surface area contributed by atoms with Crippen molar-refractivity contribution in [2.75, 3.05) is 18.5 Å². The molecule has 0 aliphatic heterocycles. The number of aromatic amines is 1. The van der Waals surface area contributed by atoms with Crippen LogP contribution in [0.1, 0.15) is 0 Å². The summed E-state index contributed by atoms with van der Waals surface area (Å²) in [6, 6.07) is 10.9. The van der Waals surface area contributed by atoms with Crippen LogP contribution >= 0.6 is 0 Å². The van der Waals surface area contributed by atoms with Crippen LogP contribution in [0.4, 0.5) is 5.69 Å². The number of nitrogens with zero attached hydrogens (tertiary/aromatic N) is 1. The minimum absolute atomic E-state index is 0.0260. The van der Waals surface area contributed by atoms with Crippen LogP contribution in [-0.2, 0) is 10.0 Å². The van der Waals surface area contributed by atoms with Crippen molar-refractivity contribution in [2.24, 2.45) is 0 Å². The molecule has 0 atom stereocenters. The number of fused-ring (bicyclic) bond motifs is 1. The first-order chi connectivity index (χ1) is 10.9. The van der Waals surface area contributed by atoms with Gasteiger partial charge in [-0.05, 0) is 24.3 Å². The van der Waals surface area contributed by atoms with Gasteiger partial charge < -0.3 is 9.15 Å². The summed E-state index contributed by atoms with van der Waals surface area (Å²) in [6.07, 6.45) is 0. The molecule has 3 rings (SSSR count). The first-order valence-corrected chi connectivity index (χ1v) is 8.12. The smallest absolute Gasteiger partial charge is 0.417 e. The van der Waals surface area contributed by atoms with Gasteiger partial charge in [-0.2, -0.15) is 0 Å². The van der Waals surface area contributed by atoms with Crippen LogP contribution in [0.15, 0.2) is 56.6 Å². The second kappa shape index (κ2) is 5.47. The first kappa shape index (κ1) is 15.2. The van der Waals surface area contributed by atoms with Gasteiger partial charge in [0.05, 0.1) is 23.2 Å². The molecule has 120 valence electrons. The number of ether oxygens (including phenoxy) is 1. The Morgan fingerprint density at radius 2 is 1.96 bits per heavy atom. The van der Waals surface area contributed by atoms with E-state index in [4.69, 9.17) is 9.15 Å². The lowest BCUT2D eigenvalue weighted by Gasteiger charge is -2.20. The Bertz CT molecular complexity index is 1020. The summed E-state index contributed by atoms with van der Waals surface area (Å²) in [6.45, 7) is 0. The van der Waals surface area contributed by atoms with E-state index < -0.39 is 15.8 Å². The Labute approximate surface area is 132 Å². The van der Waals surface area contributed by atoms with E-state index in [0.717, 1.165) is 4.31 Å². The van der Waals surface area contributed by atoms with Crippen LogP contribution in [0.5, 0.6) is 5.75 Å². The van der Waals surface area contributed by atoms with Crippen molar-refractivity contribution in [2.45, 2.75) is 4.90 Å². The second-order valence-electron chi connectivity index (χ2n) is 4.85. The molecule has 23 heavy (non-hydrogen) atoms. The van der Waals surface area contributed by atoms with Gasteiger partial charge in [-0.1, -0.05) is 6.07 Å². The molecule has 2 aromatic carbocycles. The normalized spacial score (nSPS) is 11.6. The van der Waals surface area contributed by atoms with Gasteiger partial charge in [0.1, 0.15) is 5.75 Å².